The van der Waals surface area contributed by atoms with E-state index in [2.05, 4.69) is 10.0 Å². The molecule has 1 aliphatic heterocycles. The van der Waals surface area contributed by atoms with Gasteiger partial charge in [-0.05, 0) is 31.5 Å². The van der Waals surface area contributed by atoms with Gasteiger partial charge < -0.3 is 5.32 Å². The number of nitrogens with one attached hydrogen (secondary N) is 2. The molecule has 0 saturated carbocycles. The lowest BCUT2D eigenvalue weighted by molar-refractivity contribution is 0.428. The fourth-order valence-electron chi connectivity index (χ4n) is 1.93. The number of sulfonamides is 1. The normalized spacial score (nSPS) is 20.9. The molecular formula is C11H14Cl2N2O2S. The van der Waals surface area contributed by atoms with Crippen LogP contribution in [0.4, 0.5) is 0 Å². The van der Waals surface area contributed by atoms with Crippen molar-refractivity contribution < 1.29 is 8.42 Å². The summed E-state index contributed by atoms with van der Waals surface area (Å²) in [6.45, 7) is 1.56. The smallest absolute Gasteiger partial charge is 0.242 e. The topological polar surface area (TPSA) is 58.2 Å². The van der Waals surface area contributed by atoms with Gasteiger partial charge in [0, 0.05) is 12.6 Å². The molecule has 18 heavy (non-hydrogen) atoms. The first-order valence-electron chi connectivity index (χ1n) is 5.68. The lowest BCUT2D eigenvalue weighted by Crippen LogP contribution is -2.45. The standard InChI is InChI=1S/C11H14Cl2N2O2S/c12-9-4-1-5-10(11(9)13)18(16,17)15-8-3-2-6-14-7-8/h1,4-5,8,14-15H,2-3,6-7H2. The maximum Gasteiger partial charge on any atom is 0.242 e. The SMILES string of the molecule is O=S(=O)(NC1CCCNC1)c1cccc(Cl)c1Cl. The van der Waals surface area contributed by atoms with Crippen molar-refractivity contribution in [1.29, 1.82) is 0 Å². The van der Waals surface area contributed by atoms with Gasteiger partial charge in [-0.25, -0.2) is 13.1 Å². The van der Waals surface area contributed by atoms with Crippen molar-refractivity contribution in [3.8, 4) is 0 Å². The molecule has 1 aromatic rings. The molecule has 0 spiro atoms. The predicted molar refractivity (Wildman–Crippen MR) is 72.7 cm³/mol. The minimum atomic E-state index is -3.62. The molecule has 1 heterocycles. The van der Waals surface area contributed by atoms with Crippen molar-refractivity contribution in [2.45, 2.75) is 23.8 Å². The average molecular weight is 309 g/mol. The average Bonchev–Trinajstić information content (AvgIpc) is 2.33. The second-order valence-corrected chi connectivity index (χ2v) is 6.68. The van der Waals surface area contributed by atoms with E-state index in [9.17, 15) is 8.42 Å². The van der Waals surface area contributed by atoms with Gasteiger partial charge in [-0.3, -0.25) is 0 Å². The van der Waals surface area contributed by atoms with Gasteiger partial charge in [0.25, 0.3) is 0 Å². The molecular weight excluding hydrogens is 295 g/mol. The van der Waals surface area contributed by atoms with Gasteiger partial charge in [0.2, 0.25) is 10.0 Å². The van der Waals surface area contributed by atoms with Crippen molar-refractivity contribution >= 4 is 33.2 Å². The monoisotopic (exact) mass is 308 g/mol. The van der Waals surface area contributed by atoms with Crippen molar-refractivity contribution in [1.82, 2.24) is 10.0 Å². The number of piperidine rings is 1. The van der Waals surface area contributed by atoms with Crippen LogP contribution in [0, 0.1) is 0 Å². The molecule has 1 fully saturated rings. The summed E-state index contributed by atoms with van der Waals surface area (Å²) in [4.78, 5) is 0.0299. The number of halogens is 2. The van der Waals surface area contributed by atoms with Gasteiger partial charge in [0.15, 0.2) is 0 Å². The quantitative estimate of drug-likeness (QED) is 0.898. The number of rotatable bonds is 3. The second-order valence-electron chi connectivity index (χ2n) is 4.22. The Bertz CT molecular complexity index is 528. The minimum Gasteiger partial charge on any atom is -0.315 e. The van der Waals surface area contributed by atoms with Gasteiger partial charge >= 0.3 is 0 Å². The first kappa shape index (κ1) is 14.1. The van der Waals surface area contributed by atoms with Gasteiger partial charge in [-0.15, -0.1) is 0 Å². The van der Waals surface area contributed by atoms with Crippen molar-refractivity contribution in [2.75, 3.05) is 13.1 Å². The van der Waals surface area contributed by atoms with E-state index in [0.29, 0.717) is 6.54 Å². The zero-order valence-corrected chi connectivity index (χ0v) is 11.9. The Hall–Kier alpha value is -0.330. The van der Waals surface area contributed by atoms with Gasteiger partial charge in [0.05, 0.1) is 10.0 Å². The number of benzene rings is 1. The summed E-state index contributed by atoms with van der Waals surface area (Å²) in [7, 11) is -3.62. The van der Waals surface area contributed by atoms with Crippen LogP contribution in [0.5, 0.6) is 0 Å². The van der Waals surface area contributed by atoms with Crippen LogP contribution in [0.1, 0.15) is 12.8 Å². The van der Waals surface area contributed by atoms with E-state index in [1.54, 1.807) is 12.1 Å². The van der Waals surface area contributed by atoms with E-state index in [1.165, 1.54) is 6.07 Å². The summed E-state index contributed by atoms with van der Waals surface area (Å²) >= 11 is 11.8. The molecule has 2 rings (SSSR count). The highest BCUT2D eigenvalue weighted by Crippen LogP contribution is 2.29. The van der Waals surface area contributed by atoms with Gasteiger partial charge in [0.1, 0.15) is 4.90 Å². The molecule has 0 aromatic heterocycles. The highest BCUT2D eigenvalue weighted by atomic mass is 35.5. The molecule has 0 aliphatic carbocycles. The largest absolute Gasteiger partial charge is 0.315 e. The molecule has 0 bridgehead atoms. The minimum absolute atomic E-state index is 0.0299. The molecule has 0 radical (unpaired) electrons. The number of hydrogen-bond donors (Lipinski definition) is 2. The third kappa shape index (κ3) is 3.16. The summed E-state index contributed by atoms with van der Waals surface area (Å²) in [6.07, 6.45) is 1.78. The summed E-state index contributed by atoms with van der Waals surface area (Å²) in [6, 6.07) is 4.48. The Labute approximate surface area is 117 Å². The third-order valence-corrected chi connectivity index (χ3v) is 5.32. The van der Waals surface area contributed by atoms with Crippen LogP contribution in [0.25, 0.3) is 0 Å². The maximum absolute atomic E-state index is 12.2. The first-order chi connectivity index (χ1) is 8.50. The molecule has 7 heteroatoms. The Morgan fingerprint density at radius 3 is 2.78 bits per heavy atom. The summed E-state index contributed by atoms with van der Waals surface area (Å²) in [5.41, 5.74) is 0. The lowest BCUT2D eigenvalue weighted by atomic mass is 10.1. The van der Waals surface area contributed by atoms with Crippen molar-refractivity contribution in [2.24, 2.45) is 0 Å². The highest BCUT2D eigenvalue weighted by molar-refractivity contribution is 7.89. The van der Waals surface area contributed by atoms with E-state index < -0.39 is 10.0 Å². The summed E-state index contributed by atoms with van der Waals surface area (Å²) in [5, 5.41) is 3.45. The molecule has 2 N–H and O–H groups in total. The van der Waals surface area contributed by atoms with Crippen LogP contribution in [0.15, 0.2) is 23.1 Å². The molecule has 1 atom stereocenters. The van der Waals surface area contributed by atoms with Gasteiger partial charge in [-0.1, -0.05) is 29.3 Å². The van der Waals surface area contributed by atoms with Crippen LogP contribution in [-0.4, -0.2) is 27.5 Å². The van der Waals surface area contributed by atoms with Gasteiger partial charge in [-0.2, -0.15) is 0 Å². The Balaban J connectivity index is 2.22. The van der Waals surface area contributed by atoms with Crippen molar-refractivity contribution in [3.63, 3.8) is 0 Å². The predicted octanol–water partition coefficient (Wildman–Crippen LogP) is 2.02. The molecule has 4 nitrogen and oxygen atoms in total. The van der Waals surface area contributed by atoms with Crippen molar-refractivity contribution in [3.05, 3.63) is 28.2 Å². The van der Waals surface area contributed by atoms with Crippen LogP contribution in [0.3, 0.4) is 0 Å². The summed E-state index contributed by atoms with van der Waals surface area (Å²) < 4.78 is 27.0. The van der Waals surface area contributed by atoms with Crippen LogP contribution >= 0.6 is 23.2 Å². The number of hydrogen-bond acceptors (Lipinski definition) is 3. The Morgan fingerprint density at radius 1 is 1.33 bits per heavy atom. The van der Waals surface area contributed by atoms with E-state index in [4.69, 9.17) is 23.2 Å². The fraction of sp³-hybridized carbons (Fsp3) is 0.455. The van der Waals surface area contributed by atoms with Crippen LogP contribution < -0.4 is 10.0 Å². The maximum atomic E-state index is 12.2. The van der Waals surface area contributed by atoms with E-state index in [0.717, 1.165) is 19.4 Å². The zero-order valence-electron chi connectivity index (χ0n) is 9.62. The fourth-order valence-corrected chi connectivity index (χ4v) is 3.96. The Morgan fingerprint density at radius 2 is 2.11 bits per heavy atom. The molecule has 1 saturated heterocycles. The molecule has 1 aliphatic rings. The second kappa shape index (κ2) is 5.75. The van der Waals surface area contributed by atoms with Crippen LogP contribution in [0.2, 0.25) is 10.0 Å². The Kier molecular flexibility index (Phi) is 4.50. The highest BCUT2D eigenvalue weighted by Gasteiger charge is 2.24. The molecule has 1 unspecified atom stereocenters. The summed E-state index contributed by atoms with van der Waals surface area (Å²) in [5.74, 6) is 0. The van der Waals surface area contributed by atoms with E-state index >= 15 is 0 Å². The van der Waals surface area contributed by atoms with Crippen LogP contribution in [-0.2, 0) is 10.0 Å². The molecule has 1 aromatic carbocycles. The third-order valence-electron chi connectivity index (χ3n) is 2.82. The van der Waals surface area contributed by atoms with E-state index in [-0.39, 0.29) is 21.0 Å². The lowest BCUT2D eigenvalue weighted by Gasteiger charge is -2.23. The molecule has 100 valence electrons. The first-order valence-corrected chi connectivity index (χ1v) is 7.91. The van der Waals surface area contributed by atoms with E-state index in [1.807, 2.05) is 0 Å². The molecule has 0 amide bonds. The zero-order chi connectivity index (χ0) is 13.2.